The van der Waals surface area contributed by atoms with E-state index in [0.717, 1.165) is 0 Å². The van der Waals surface area contributed by atoms with Crippen LogP contribution in [0.15, 0.2) is 40.3 Å². The number of hydrogen-bond acceptors (Lipinski definition) is 4. The first-order valence-corrected chi connectivity index (χ1v) is 6.81. The van der Waals surface area contributed by atoms with Gasteiger partial charge in [-0.1, -0.05) is 11.6 Å². The van der Waals surface area contributed by atoms with Crippen LogP contribution < -0.4 is 5.32 Å². The van der Waals surface area contributed by atoms with Crippen LogP contribution in [0.5, 0.6) is 0 Å². The van der Waals surface area contributed by atoms with Crippen molar-refractivity contribution in [2.45, 2.75) is 0 Å². The van der Waals surface area contributed by atoms with Crippen molar-refractivity contribution >= 4 is 29.6 Å². The first-order valence-electron chi connectivity index (χ1n) is 6.43. The molecule has 7 heteroatoms. The number of benzene rings is 1. The Morgan fingerprint density at radius 2 is 2.09 bits per heavy atom. The quantitative estimate of drug-likeness (QED) is 0.662. The SMILES string of the molecule is CNC(=O)/C(C#N)=C/c1ccc(-c2ccc(Cl)c(C(=O)O)c2)o1. The number of carbonyl (C=O) groups is 2. The van der Waals surface area contributed by atoms with Gasteiger partial charge in [-0.25, -0.2) is 4.79 Å². The lowest BCUT2D eigenvalue weighted by Gasteiger charge is -2.02. The molecule has 2 aromatic rings. The Balaban J connectivity index is 2.39. The van der Waals surface area contributed by atoms with Crippen molar-refractivity contribution in [3.63, 3.8) is 0 Å². The number of carboxylic acid groups (broad SMARTS) is 1. The van der Waals surface area contributed by atoms with Crippen LogP contribution in [0.2, 0.25) is 5.02 Å². The molecule has 1 aromatic carbocycles. The highest BCUT2D eigenvalue weighted by atomic mass is 35.5. The first-order chi connectivity index (χ1) is 11.0. The highest BCUT2D eigenvalue weighted by Gasteiger charge is 2.13. The maximum atomic E-state index is 11.5. The molecule has 0 bridgehead atoms. The van der Waals surface area contributed by atoms with E-state index in [1.807, 2.05) is 0 Å². The summed E-state index contributed by atoms with van der Waals surface area (Å²) in [4.78, 5) is 22.6. The van der Waals surface area contributed by atoms with Crippen molar-refractivity contribution in [2.75, 3.05) is 7.05 Å². The number of nitriles is 1. The van der Waals surface area contributed by atoms with Gasteiger partial charge in [0.2, 0.25) is 0 Å². The van der Waals surface area contributed by atoms with Gasteiger partial charge < -0.3 is 14.8 Å². The van der Waals surface area contributed by atoms with Crippen molar-refractivity contribution in [2.24, 2.45) is 0 Å². The molecule has 0 aliphatic carbocycles. The molecule has 1 amide bonds. The smallest absolute Gasteiger partial charge is 0.337 e. The van der Waals surface area contributed by atoms with Gasteiger partial charge in [-0.2, -0.15) is 5.26 Å². The van der Waals surface area contributed by atoms with Gasteiger partial charge in [0.15, 0.2) is 0 Å². The van der Waals surface area contributed by atoms with Crippen LogP contribution in [0, 0.1) is 11.3 Å². The predicted molar refractivity (Wildman–Crippen MR) is 83.8 cm³/mol. The van der Waals surface area contributed by atoms with E-state index in [-0.39, 0.29) is 16.2 Å². The normalized spacial score (nSPS) is 10.9. The highest BCUT2D eigenvalue weighted by molar-refractivity contribution is 6.33. The summed E-state index contributed by atoms with van der Waals surface area (Å²) in [6, 6.07) is 9.43. The number of nitrogens with zero attached hydrogens (tertiary/aromatic N) is 1. The molecule has 2 rings (SSSR count). The highest BCUT2D eigenvalue weighted by Crippen LogP contribution is 2.27. The number of likely N-dealkylation sites (N-methyl/N-ethyl adjacent to an activating group) is 1. The lowest BCUT2D eigenvalue weighted by atomic mass is 10.1. The van der Waals surface area contributed by atoms with E-state index in [2.05, 4.69) is 5.32 Å². The van der Waals surface area contributed by atoms with Crippen LogP contribution in [-0.4, -0.2) is 24.0 Å². The third-order valence-electron chi connectivity index (χ3n) is 2.99. The summed E-state index contributed by atoms with van der Waals surface area (Å²) in [6.45, 7) is 0. The Labute approximate surface area is 136 Å². The van der Waals surface area contributed by atoms with Gasteiger partial charge in [0.05, 0.1) is 10.6 Å². The molecule has 23 heavy (non-hydrogen) atoms. The molecule has 0 aliphatic rings. The Morgan fingerprint density at radius 3 is 2.70 bits per heavy atom. The Bertz CT molecular complexity index is 846. The Kier molecular flexibility index (Phi) is 4.84. The van der Waals surface area contributed by atoms with Gasteiger partial charge in [-0.15, -0.1) is 0 Å². The van der Waals surface area contributed by atoms with Gasteiger partial charge in [0.1, 0.15) is 23.2 Å². The lowest BCUT2D eigenvalue weighted by molar-refractivity contribution is -0.116. The maximum absolute atomic E-state index is 11.5. The largest absolute Gasteiger partial charge is 0.478 e. The van der Waals surface area contributed by atoms with Gasteiger partial charge in [0.25, 0.3) is 5.91 Å². The first kappa shape index (κ1) is 16.3. The minimum absolute atomic E-state index is 0.0410. The zero-order chi connectivity index (χ0) is 17.0. The molecule has 0 unspecified atom stereocenters. The van der Waals surface area contributed by atoms with Crippen LogP contribution >= 0.6 is 11.6 Å². The monoisotopic (exact) mass is 330 g/mol. The third-order valence-corrected chi connectivity index (χ3v) is 3.32. The number of carbonyl (C=O) groups excluding carboxylic acids is 1. The second kappa shape index (κ2) is 6.81. The van der Waals surface area contributed by atoms with E-state index in [1.165, 1.54) is 25.3 Å². The predicted octanol–water partition coefficient (Wildman–Crippen LogP) is 2.95. The summed E-state index contributed by atoms with van der Waals surface area (Å²) in [5.74, 6) is -0.975. The van der Waals surface area contributed by atoms with Crippen molar-refractivity contribution in [1.29, 1.82) is 5.26 Å². The van der Waals surface area contributed by atoms with Crippen LogP contribution in [-0.2, 0) is 4.79 Å². The van der Waals surface area contributed by atoms with E-state index < -0.39 is 11.9 Å². The van der Waals surface area contributed by atoms with E-state index in [0.29, 0.717) is 17.1 Å². The van der Waals surface area contributed by atoms with E-state index in [1.54, 1.807) is 24.3 Å². The maximum Gasteiger partial charge on any atom is 0.337 e. The van der Waals surface area contributed by atoms with Crippen LogP contribution in [0.4, 0.5) is 0 Å². The molecular weight excluding hydrogens is 320 g/mol. The van der Waals surface area contributed by atoms with Gasteiger partial charge >= 0.3 is 5.97 Å². The van der Waals surface area contributed by atoms with Crippen molar-refractivity contribution in [1.82, 2.24) is 5.32 Å². The number of carboxylic acids is 1. The summed E-state index contributed by atoms with van der Waals surface area (Å²) in [5.41, 5.74) is 0.376. The summed E-state index contributed by atoms with van der Waals surface area (Å²) < 4.78 is 5.53. The zero-order valence-electron chi connectivity index (χ0n) is 12.0. The molecule has 1 heterocycles. The molecule has 1 aromatic heterocycles. The average Bonchev–Trinajstić information content (AvgIpc) is 3.00. The minimum atomic E-state index is -1.14. The summed E-state index contributed by atoms with van der Waals surface area (Å²) >= 11 is 5.82. The lowest BCUT2D eigenvalue weighted by Crippen LogP contribution is -2.18. The summed E-state index contributed by atoms with van der Waals surface area (Å²) in [6.07, 6.45) is 1.30. The standard InChI is InChI=1S/C16H11ClN2O4/c1-19-15(20)10(8-18)6-11-3-5-14(23-11)9-2-4-13(17)12(7-9)16(21)22/h2-7H,1H3,(H,19,20)(H,21,22)/b10-6+. The van der Waals surface area contributed by atoms with E-state index >= 15 is 0 Å². The molecule has 0 atom stereocenters. The summed E-state index contributed by atoms with van der Waals surface area (Å²) in [7, 11) is 1.42. The number of furan rings is 1. The van der Waals surface area contributed by atoms with Crippen LogP contribution in [0.3, 0.4) is 0 Å². The molecule has 2 N–H and O–H groups in total. The minimum Gasteiger partial charge on any atom is -0.478 e. The second-order valence-electron chi connectivity index (χ2n) is 4.45. The van der Waals surface area contributed by atoms with Gasteiger partial charge in [0, 0.05) is 18.7 Å². The number of nitrogens with one attached hydrogen (secondary N) is 1. The summed E-state index contributed by atoms with van der Waals surface area (Å²) in [5, 5.41) is 20.5. The second-order valence-corrected chi connectivity index (χ2v) is 4.86. The van der Waals surface area contributed by atoms with Gasteiger partial charge in [-0.3, -0.25) is 4.79 Å². The van der Waals surface area contributed by atoms with E-state index in [9.17, 15) is 9.59 Å². The zero-order valence-corrected chi connectivity index (χ0v) is 12.7. The molecule has 0 radical (unpaired) electrons. The molecule has 0 saturated carbocycles. The Morgan fingerprint density at radius 1 is 1.35 bits per heavy atom. The number of rotatable bonds is 4. The third kappa shape index (κ3) is 3.59. The number of halogens is 1. The molecule has 0 fully saturated rings. The van der Waals surface area contributed by atoms with Crippen molar-refractivity contribution < 1.29 is 19.1 Å². The fraction of sp³-hybridized carbons (Fsp3) is 0.0625. The fourth-order valence-corrected chi connectivity index (χ4v) is 2.05. The topological polar surface area (TPSA) is 103 Å². The molecule has 0 spiro atoms. The number of hydrogen-bond donors (Lipinski definition) is 2. The molecule has 6 nitrogen and oxygen atoms in total. The van der Waals surface area contributed by atoms with Gasteiger partial charge in [-0.05, 0) is 30.3 Å². The molecular formula is C16H11ClN2O4. The van der Waals surface area contributed by atoms with Crippen LogP contribution in [0.1, 0.15) is 16.1 Å². The van der Waals surface area contributed by atoms with Crippen molar-refractivity contribution in [3.05, 3.63) is 52.3 Å². The number of amides is 1. The van der Waals surface area contributed by atoms with Crippen LogP contribution in [0.25, 0.3) is 17.4 Å². The Hall–Kier alpha value is -3.04. The molecule has 0 saturated heterocycles. The molecule has 116 valence electrons. The average molecular weight is 331 g/mol. The van der Waals surface area contributed by atoms with E-state index in [4.69, 9.17) is 26.4 Å². The fourth-order valence-electron chi connectivity index (χ4n) is 1.85. The number of aromatic carboxylic acids is 1. The van der Waals surface area contributed by atoms with Crippen molar-refractivity contribution in [3.8, 4) is 17.4 Å². The molecule has 0 aliphatic heterocycles.